The molecule has 2 aromatic rings. The lowest BCUT2D eigenvalue weighted by Gasteiger charge is -2.16. The summed E-state index contributed by atoms with van der Waals surface area (Å²) in [6.07, 6.45) is 2.61. The van der Waals surface area contributed by atoms with E-state index < -0.39 is 5.91 Å². The van der Waals surface area contributed by atoms with Crippen LogP contribution in [0, 0.1) is 0 Å². The highest BCUT2D eigenvalue weighted by Gasteiger charge is 2.07. The van der Waals surface area contributed by atoms with E-state index in [2.05, 4.69) is 48.4 Å². The zero-order valence-corrected chi connectivity index (χ0v) is 11.8. The molecule has 0 fully saturated rings. The number of rotatable bonds is 5. The Labute approximate surface area is 119 Å². The summed E-state index contributed by atoms with van der Waals surface area (Å²) >= 11 is 0. The fourth-order valence-corrected chi connectivity index (χ4v) is 2.03. The summed E-state index contributed by atoms with van der Waals surface area (Å²) in [5.41, 5.74) is 8.84. The Bertz CT molecular complexity index is 593. The highest BCUT2D eigenvalue weighted by molar-refractivity contribution is 5.91. The van der Waals surface area contributed by atoms with Crippen LogP contribution >= 0.6 is 0 Å². The Hall–Kier alpha value is -2.36. The van der Waals surface area contributed by atoms with Crippen molar-refractivity contribution in [2.75, 3.05) is 5.32 Å². The fourth-order valence-electron chi connectivity index (χ4n) is 2.03. The molecule has 0 aliphatic heterocycles. The molecule has 20 heavy (non-hydrogen) atoms. The van der Waals surface area contributed by atoms with Gasteiger partial charge in [0.2, 0.25) is 0 Å². The van der Waals surface area contributed by atoms with Crippen molar-refractivity contribution in [2.24, 2.45) is 5.73 Å². The van der Waals surface area contributed by atoms with Gasteiger partial charge in [0.1, 0.15) is 5.69 Å². The molecule has 0 radical (unpaired) electrons. The lowest BCUT2D eigenvalue weighted by molar-refractivity contribution is 0.0995. The number of hydrogen-bond acceptors (Lipinski definition) is 3. The number of aryl methyl sites for hydroxylation is 1. The first-order chi connectivity index (χ1) is 9.60. The molecule has 0 saturated carbocycles. The van der Waals surface area contributed by atoms with E-state index in [1.807, 2.05) is 6.07 Å². The molecule has 1 aromatic carbocycles. The lowest BCUT2D eigenvalue weighted by atomic mass is 10.0. The number of carbonyl (C=O) groups excluding carboxylic acids is 1. The Balaban J connectivity index is 2.12. The number of amides is 1. The van der Waals surface area contributed by atoms with Crippen molar-refractivity contribution in [1.82, 2.24) is 4.98 Å². The average Bonchev–Trinajstić information content (AvgIpc) is 2.47. The van der Waals surface area contributed by atoms with E-state index in [4.69, 9.17) is 5.73 Å². The second kappa shape index (κ2) is 6.19. The third-order valence-electron chi connectivity index (χ3n) is 3.28. The van der Waals surface area contributed by atoms with E-state index in [0.29, 0.717) is 0 Å². The standard InChI is InChI=1S/C16H19N3O/c1-3-12-4-6-13(7-5-12)11(2)19-14-8-9-18-15(10-14)16(17)20/h4-11H,3H2,1-2H3,(H2,17,20)(H,18,19). The molecular formula is C16H19N3O. The van der Waals surface area contributed by atoms with E-state index in [9.17, 15) is 4.79 Å². The van der Waals surface area contributed by atoms with Crippen LogP contribution in [0.4, 0.5) is 5.69 Å². The largest absolute Gasteiger partial charge is 0.378 e. The van der Waals surface area contributed by atoms with Crippen LogP contribution in [-0.4, -0.2) is 10.9 Å². The zero-order valence-electron chi connectivity index (χ0n) is 11.8. The number of carbonyl (C=O) groups is 1. The van der Waals surface area contributed by atoms with Gasteiger partial charge in [-0.25, -0.2) is 0 Å². The van der Waals surface area contributed by atoms with Crippen molar-refractivity contribution in [2.45, 2.75) is 26.3 Å². The Kier molecular flexibility index (Phi) is 4.35. The smallest absolute Gasteiger partial charge is 0.267 e. The quantitative estimate of drug-likeness (QED) is 0.877. The van der Waals surface area contributed by atoms with Crippen LogP contribution in [0.5, 0.6) is 0 Å². The molecule has 1 atom stereocenters. The normalized spacial score (nSPS) is 11.9. The Morgan fingerprint density at radius 3 is 2.60 bits per heavy atom. The monoisotopic (exact) mass is 269 g/mol. The van der Waals surface area contributed by atoms with Crippen LogP contribution in [0.15, 0.2) is 42.6 Å². The van der Waals surface area contributed by atoms with Gasteiger partial charge in [-0.3, -0.25) is 9.78 Å². The Morgan fingerprint density at radius 1 is 1.30 bits per heavy atom. The minimum absolute atomic E-state index is 0.143. The number of anilines is 1. The highest BCUT2D eigenvalue weighted by atomic mass is 16.1. The van der Waals surface area contributed by atoms with Crippen molar-refractivity contribution >= 4 is 11.6 Å². The van der Waals surface area contributed by atoms with Crippen LogP contribution in [0.1, 0.15) is 41.5 Å². The molecule has 1 aromatic heterocycles. The third-order valence-corrected chi connectivity index (χ3v) is 3.28. The molecule has 0 aliphatic carbocycles. The predicted molar refractivity (Wildman–Crippen MR) is 80.6 cm³/mol. The summed E-state index contributed by atoms with van der Waals surface area (Å²) in [6.45, 7) is 4.21. The molecular weight excluding hydrogens is 250 g/mol. The maximum absolute atomic E-state index is 11.1. The molecule has 0 saturated heterocycles. The number of benzene rings is 1. The molecule has 2 rings (SSSR count). The SMILES string of the molecule is CCc1ccc(C(C)Nc2ccnc(C(N)=O)c2)cc1. The van der Waals surface area contributed by atoms with Gasteiger partial charge in [0.05, 0.1) is 0 Å². The van der Waals surface area contributed by atoms with Gasteiger partial charge < -0.3 is 11.1 Å². The molecule has 4 heteroatoms. The third kappa shape index (κ3) is 3.35. The number of primary amides is 1. The van der Waals surface area contributed by atoms with Gasteiger partial charge in [-0.15, -0.1) is 0 Å². The maximum atomic E-state index is 11.1. The van der Waals surface area contributed by atoms with Crippen molar-refractivity contribution in [3.8, 4) is 0 Å². The van der Waals surface area contributed by atoms with Crippen molar-refractivity contribution in [3.63, 3.8) is 0 Å². The molecule has 0 spiro atoms. The minimum Gasteiger partial charge on any atom is -0.378 e. The van der Waals surface area contributed by atoms with Crippen molar-refractivity contribution in [3.05, 3.63) is 59.4 Å². The molecule has 0 bridgehead atoms. The van der Waals surface area contributed by atoms with Crippen LogP contribution < -0.4 is 11.1 Å². The van der Waals surface area contributed by atoms with Crippen LogP contribution in [-0.2, 0) is 6.42 Å². The molecule has 4 nitrogen and oxygen atoms in total. The zero-order chi connectivity index (χ0) is 14.5. The van der Waals surface area contributed by atoms with Gasteiger partial charge in [-0.2, -0.15) is 0 Å². The van der Waals surface area contributed by atoms with Crippen LogP contribution in [0.3, 0.4) is 0 Å². The van der Waals surface area contributed by atoms with Crippen LogP contribution in [0.25, 0.3) is 0 Å². The lowest BCUT2D eigenvalue weighted by Crippen LogP contribution is -2.14. The number of pyridine rings is 1. The number of aromatic nitrogens is 1. The Morgan fingerprint density at radius 2 is 2.00 bits per heavy atom. The summed E-state index contributed by atoms with van der Waals surface area (Å²) in [7, 11) is 0. The molecule has 1 heterocycles. The molecule has 0 aliphatic rings. The van der Waals surface area contributed by atoms with Gasteiger partial charge in [0.25, 0.3) is 5.91 Å². The molecule has 3 N–H and O–H groups in total. The summed E-state index contributed by atoms with van der Waals surface area (Å²) in [5, 5.41) is 3.34. The molecule has 1 amide bonds. The summed E-state index contributed by atoms with van der Waals surface area (Å²) < 4.78 is 0. The van der Waals surface area contributed by atoms with Gasteiger partial charge in [0, 0.05) is 17.9 Å². The second-order valence-electron chi connectivity index (χ2n) is 4.76. The van der Waals surface area contributed by atoms with Crippen LogP contribution in [0.2, 0.25) is 0 Å². The first kappa shape index (κ1) is 14.1. The number of hydrogen-bond donors (Lipinski definition) is 2. The number of nitrogens with zero attached hydrogens (tertiary/aromatic N) is 1. The topological polar surface area (TPSA) is 68.0 Å². The summed E-state index contributed by atoms with van der Waals surface area (Å²) in [4.78, 5) is 15.0. The van der Waals surface area contributed by atoms with E-state index in [-0.39, 0.29) is 11.7 Å². The second-order valence-corrected chi connectivity index (χ2v) is 4.76. The van der Waals surface area contributed by atoms with E-state index in [1.165, 1.54) is 11.1 Å². The fraction of sp³-hybridized carbons (Fsp3) is 0.250. The average molecular weight is 269 g/mol. The van der Waals surface area contributed by atoms with Gasteiger partial charge in [-0.05, 0) is 36.6 Å². The van der Waals surface area contributed by atoms with Gasteiger partial charge in [0.15, 0.2) is 0 Å². The van der Waals surface area contributed by atoms with Crippen molar-refractivity contribution in [1.29, 1.82) is 0 Å². The van der Waals surface area contributed by atoms with E-state index in [0.717, 1.165) is 12.1 Å². The molecule has 104 valence electrons. The highest BCUT2D eigenvalue weighted by Crippen LogP contribution is 2.20. The minimum atomic E-state index is -0.520. The summed E-state index contributed by atoms with van der Waals surface area (Å²) in [6, 6.07) is 12.1. The first-order valence-corrected chi connectivity index (χ1v) is 6.71. The van der Waals surface area contributed by atoms with Gasteiger partial charge >= 0.3 is 0 Å². The van der Waals surface area contributed by atoms with Gasteiger partial charge in [-0.1, -0.05) is 31.2 Å². The predicted octanol–water partition coefficient (Wildman–Crippen LogP) is 2.92. The van der Waals surface area contributed by atoms with Crippen molar-refractivity contribution < 1.29 is 4.79 Å². The maximum Gasteiger partial charge on any atom is 0.267 e. The van der Waals surface area contributed by atoms with E-state index in [1.54, 1.807) is 12.3 Å². The number of nitrogens with one attached hydrogen (secondary N) is 1. The number of nitrogens with two attached hydrogens (primary N) is 1. The first-order valence-electron chi connectivity index (χ1n) is 6.71. The molecule has 1 unspecified atom stereocenters. The van der Waals surface area contributed by atoms with E-state index >= 15 is 0 Å². The summed E-state index contributed by atoms with van der Waals surface area (Å²) in [5.74, 6) is -0.520.